The van der Waals surface area contributed by atoms with Crippen molar-refractivity contribution in [1.29, 1.82) is 0 Å². The Bertz CT molecular complexity index is 1130. The van der Waals surface area contributed by atoms with Crippen LogP contribution in [0.15, 0.2) is 41.6 Å². The molecule has 0 saturated heterocycles. The lowest BCUT2D eigenvalue weighted by Crippen LogP contribution is -2.11. The van der Waals surface area contributed by atoms with Gasteiger partial charge in [-0.25, -0.2) is 9.97 Å². The quantitative estimate of drug-likeness (QED) is 0.341. The van der Waals surface area contributed by atoms with Gasteiger partial charge in [-0.1, -0.05) is 11.6 Å². The van der Waals surface area contributed by atoms with Crippen LogP contribution >= 0.6 is 23.4 Å². The number of methoxy groups -OCH3 is 3. The first-order chi connectivity index (χ1) is 15.5. The maximum absolute atomic E-state index is 12.8. The van der Waals surface area contributed by atoms with Gasteiger partial charge in [0.05, 0.1) is 27.0 Å². The number of nitrogens with zero attached hydrogens (tertiary/aromatic N) is 2. The van der Waals surface area contributed by atoms with E-state index >= 15 is 0 Å². The van der Waals surface area contributed by atoms with Crippen molar-refractivity contribution in [1.82, 2.24) is 9.97 Å². The van der Waals surface area contributed by atoms with Crippen LogP contribution in [0.4, 0.5) is 0 Å². The van der Waals surface area contributed by atoms with Crippen LogP contribution in [-0.2, 0) is 12.8 Å². The van der Waals surface area contributed by atoms with Gasteiger partial charge in [0.2, 0.25) is 10.9 Å². The van der Waals surface area contributed by atoms with Crippen molar-refractivity contribution in [3.8, 4) is 28.5 Å². The third-order valence-corrected chi connectivity index (χ3v) is 6.40. The minimum atomic E-state index is -0.131. The fourth-order valence-electron chi connectivity index (χ4n) is 3.80. The highest BCUT2D eigenvalue weighted by Gasteiger charge is 2.23. The Labute approximate surface area is 196 Å². The summed E-state index contributed by atoms with van der Waals surface area (Å²) >= 11 is 6.96. The molecule has 0 saturated carbocycles. The molecule has 1 aromatic heterocycles. The standard InChI is InChI=1S/C24H23ClN2O4S/c1-29-19-12-15(13-20(30-2)22(19)31-3)21-17-6-4-5-7-18(17)26-24(27-21)32-23(28)14-8-10-16(25)11-9-14/h8-13H,4-7H2,1-3H3. The van der Waals surface area contributed by atoms with Gasteiger partial charge in [-0.05, 0) is 73.8 Å². The molecule has 3 aromatic rings. The second-order valence-corrected chi connectivity index (χ2v) is 8.67. The molecule has 1 heterocycles. The minimum absolute atomic E-state index is 0.131. The number of carbonyl (C=O) groups is 1. The van der Waals surface area contributed by atoms with E-state index in [9.17, 15) is 4.79 Å². The number of rotatable bonds is 6. The molecule has 0 radical (unpaired) electrons. The molecular formula is C24H23ClN2O4S. The van der Waals surface area contributed by atoms with E-state index in [1.807, 2.05) is 12.1 Å². The van der Waals surface area contributed by atoms with Crippen molar-refractivity contribution < 1.29 is 19.0 Å². The van der Waals surface area contributed by atoms with Crippen LogP contribution in [-0.4, -0.2) is 36.4 Å². The van der Waals surface area contributed by atoms with Crippen LogP contribution in [0.25, 0.3) is 11.3 Å². The van der Waals surface area contributed by atoms with E-state index < -0.39 is 0 Å². The largest absolute Gasteiger partial charge is 0.493 e. The Hall–Kier alpha value is -2.77. The van der Waals surface area contributed by atoms with E-state index in [4.69, 9.17) is 35.8 Å². The number of hydrogen-bond donors (Lipinski definition) is 0. The van der Waals surface area contributed by atoms with Crippen molar-refractivity contribution >= 4 is 28.5 Å². The molecule has 1 aliphatic rings. The topological polar surface area (TPSA) is 70.5 Å². The molecule has 0 N–H and O–H groups in total. The van der Waals surface area contributed by atoms with Crippen LogP contribution < -0.4 is 14.2 Å². The number of thioether (sulfide) groups is 1. The molecule has 166 valence electrons. The fraction of sp³-hybridized carbons (Fsp3) is 0.292. The molecule has 8 heteroatoms. The number of benzene rings is 2. The lowest BCUT2D eigenvalue weighted by atomic mass is 9.92. The van der Waals surface area contributed by atoms with Crippen molar-refractivity contribution in [2.75, 3.05) is 21.3 Å². The van der Waals surface area contributed by atoms with E-state index in [1.54, 1.807) is 45.6 Å². The third kappa shape index (κ3) is 4.54. The Morgan fingerprint density at radius 1 is 0.938 bits per heavy atom. The lowest BCUT2D eigenvalue weighted by molar-refractivity contribution is 0.108. The zero-order valence-corrected chi connectivity index (χ0v) is 19.7. The molecule has 0 bridgehead atoms. The number of aryl methyl sites for hydroxylation is 1. The predicted molar refractivity (Wildman–Crippen MR) is 125 cm³/mol. The first-order valence-electron chi connectivity index (χ1n) is 10.2. The highest BCUT2D eigenvalue weighted by Crippen LogP contribution is 2.42. The molecule has 4 rings (SSSR count). The second-order valence-electron chi connectivity index (χ2n) is 7.30. The molecule has 0 amide bonds. The monoisotopic (exact) mass is 470 g/mol. The van der Waals surface area contributed by atoms with Crippen molar-refractivity contribution in [3.63, 3.8) is 0 Å². The zero-order valence-electron chi connectivity index (χ0n) is 18.1. The van der Waals surface area contributed by atoms with Gasteiger partial charge in [-0.15, -0.1) is 0 Å². The summed E-state index contributed by atoms with van der Waals surface area (Å²) in [5.41, 5.74) is 4.27. The van der Waals surface area contributed by atoms with Gasteiger partial charge < -0.3 is 14.2 Å². The van der Waals surface area contributed by atoms with Gasteiger partial charge in [0.25, 0.3) is 0 Å². The first-order valence-corrected chi connectivity index (χ1v) is 11.4. The molecule has 2 aromatic carbocycles. The Kier molecular flexibility index (Phi) is 6.86. The van der Waals surface area contributed by atoms with E-state index in [1.165, 1.54) is 0 Å². The average Bonchev–Trinajstić information content (AvgIpc) is 2.82. The van der Waals surface area contributed by atoms with Crippen molar-refractivity contribution in [2.45, 2.75) is 30.8 Å². The number of fused-ring (bicyclic) bond motifs is 1. The van der Waals surface area contributed by atoms with Gasteiger partial charge >= 0.3 is 0 Å². The summed E-state index contributed by atoms with van der Waals surface area (Å²) in [6.07, 6.45) is 3.88. The zero-order chi connectivity index (χ0) is 22.7. The second kappa shape index (κ2) is 9.79. The van der Waals surface area contributed by atoms with E-state index in [0.717, 1.165) is 60.0 Å². The van der Waals surface area contributed by atoms with Gasteiger partial charge in [0, 0.05) is 27.4 Å². The SMILES string of the molecule is COc1cc(-c2nc(SC(=O)c3ccc(Cl)cc3)nc3c2CCCC3)cc(OC)c1OC. The highest BCUT2D eigenvalue weighted by atomic mass is 35.5. The van der Waals surface area contributed by atoms with Crippen LogP contribution in [0.1, 0.15) is 34.5 Å². The number of halogens is 1. The van der Waals surface area contributed by atoms with Crippen LogP contribution in [0.5, 0.6) is 17.2 Å². The van der Waals surface area contributed by atoms with Crippen LogP contribution in [0.3, 0.4) is 0 Å². The van der Waals surface area contributed by atoms with Crippen molar-refractivity contribution in [2.24, 2.45) is 0 Å². The Balaban J connectivity index is 1.78. The Morgan fingerprint density at radius 2 is 1.59 bits per heavy atom. The maximum Gasteiger partial charge on any atom is 0.227 e. The predicted octanol–water partition coefficient (Wildman–Crippen LogP) is 5.63. The summed E-state index contributed by atoms with van der Waals surface area (Å²) < 4.78 is 16.5. The maximum atomic E-state index is 12.8. The summed E-state index contributed by atoms with van der Waals surface area (Å²) in [5.74, 6) is 1.63. The number of carbonyl (C=O) groups excluding carboxylic acids is 1. The summed E-state index contributed by atoms with van der Waals surface area (Å²) in [4.78, 5) is 22.3. The van der Waals surface area contributed by atoms with Gasteiger partial charge in [-0.2, -0.15) is 0 Å². The molecule has 6 nitrogen and oxygen atoms in total. The summed E-state index contributed by atoms with van der Waals surface area (Å²) in [6, 6.07) is 10.6. The summed E-state index contributed by atoms with van der Waals surface area (Å²) in [6.45, 7) is 0. The van der Waals surface area contributed by atoms with Crippen LogP contribution in [0.2, 0.25) is 5.02 Å². The molecule has 0 spiro atoms. The summed E-state index contributed by atoms with van der Waals surface area (Å²) in [5, 5.41) is 0.879. The molecule has 0 unspecified atom stereocenters. The number of ether oxygens (including phenoxy) is 3. The molecule has 0 aliphatic heterocycles. The van der Waals surface area contributed by atoms with Gasteiger partial charge in [0.1, 0.15) is 0 Å². The van der Waals surface area contributed by atoms with E-state index in [0.29, 0.717) is 33.0 Å². The molecule has 32 heavy (non-hydrogen) atoms. The molecule has 0 atom stereocenters. The highest BCUT2D eigenvalue weighted by molar-refractivity contribution is 8.14. The number of hydrogen-bond acceptors (Lipinski definition) is 7. The average molecular weight is 471 g/mol. The third-order valence-electron chi connectivity index (χ3n) is 5.36. The molecular weight excluding hydrogens is 448 g/mol. The van der Waals surface area contributed by atoms with Gasteiger partial charge in [-0.3, -0.25) is 4.79 Å². The lowest BCUT2D eigenvalue weighted by Gasteiger charge is -2.20. The van der Waals surface area contributed by atoms with Crippen molar-refractivity contribution in [3.05, 3.63) is 58.2 Å². The first kappa shape index (κ1) is 22.4. The Morgan fingerprint density at radius 3 is 2.22 bits per heavy atom. The molecule has 1 aliphatic carbocycles. The van der Waals surface area contributed by atoms with E-state index in [-0.39, 0.29) is 5.12 Å². The number of aromatic nitrogens is 2. The summed E-state index contributed by atoms with van der Waals surface area (Å²) in [7, 11) is 4.74. The van der Waals surface area contributed by atoms with Crippen LogP contribution in [0, 0.1) is 0 Å². The van der Waals surface area contributed by atoms with E-state index in [2.05, 4.69) is 0 Å². The fourth-order valence-corrected chi connectivity index (χ4v) is 4.64. The smallest absolute Gasteiger partial charge is 0.227 e. The normalized spacial score (nSPS) is 12.8. The minimum Gasteiger partial charge on any atom is -0.493 e. The van der Waals surface area contributed by atoms with Gasteiger partial charge in [0.15, 0.2) is 16.7 Å². The molecule has 0 fully saturated rings.